The average molecular weight is 453 g/mol. The van der Waals surface area contributed by atoms with Crippen molar-refractivity contribution in [3.8, 4) is 5.75 Å². The van der Waals surface area contributed by atoms with Crippen molar-refractivity contribution in [2.75, 3.05) is 20.2 Å². The third-order valence-electron chi connectivity index (χ3n) is 4.78. The molecule has 1 heterocycles. The van der Waals surface area contributed by atoms with Crippen LogP contribution < -0.4 is 9.46 Å². The van der Waals surface area contributed by atoms with E-state index in [4.69, 9.17) is 4.74 Å². The fourth-order valence-electron chi connectivity index (χ4n) is 3.21. The molecular formula is C20H25BrN2O3S. The summed E-state index contributed by atoms with van der Waals surface area (Å²) in [5.74, 6) is 0.596. The standard InChI is InChI=1S/C20H25BrN2O3S/c1-26-20-10-9-18(13-19(20)21)27(24,25)22-14-16-5-7-17(8-6-16)15-23-11-3-2-4-12-23/h5-10,13,22H,2-4,11-12,14-15H2,1H3. The first-order valence-electron chi connectivity index (χ1n) is 9.11. The Balaban J connectivity index is 1.59. The highest BCUT2D eigenvalue weighted by Crippen LogP contribution is 2.27. The van der Waals surface area contributed by atoms with Gasteiger partial charge in [-0.2, -0.15) is 0 Å². The molecular weight excluding hydrogens is 428 g/mol. The topological polar surface area (TPSA) is 58.6 Å². The molecule has 0 saturated carbocycles. The number of halogens is 1. The van der Waals surface area contributed by atoms with Crippen LogP contribution in [0.3, 0.4) is 0 Å². The molecule has 0 spiro atoms. The lowest BCUT2D eigenvalue weighted by molar-refractivity contribution is 0.221. The first-order valence-corrected chi connectivity index (χ1v) is 11.4. The Morgan fingerprint density at radius 1 is 1.04 bits per heavy atom. The van der Waals surface area contributed by atoms with E-state index < -0.39 is 10.0 Å². The van der Waals surface area contributed by atoms with E-state index in [0.717, 1.165) is 12.1 Å². The van der Waals surface area contributed by atoms with Gasteiger partial charge in [-0.15, -0.1) is 0 Å². The number of benzene rings is 2. The second kappa shape index (κ2) is 9.19. The predicted octanol–water partition coefficient (Wildman–Crippen LogP) is 3.92. The van der Waals surface area contributed by atoms with Gasteiger partial charge in [0.15, 0.2) is 0 Å². The molecule has 0 bridgehead atoms. The molecule has 146 valence electrons. The minimum atomic E-state index is -3.58. The van der Waals surface area contributed by atoms with E-state index in [1.807, 2.05) is 12.1 Å². The van der Waals surface area contributed by atoms with Gasteiger partial charge in [-0.3, -0.25) is 4.90 Å². The maximum atomic E-state index is 12.5. The number of ether oxygens (including phenoxy) is 1. The minimum Gasteiger partial charge on any atom is -0.496 e. The minimum absolute atomic E-state index is 0.205. The molecule has 0 atom stereocenters. The second-order valence-electron chi connectivity index (χ2n) is 6.77. The number of hydrogen-bond acceptors (Lipinski definition) is 4. The zero-order chi connectivity index (χ0) is 19.3. The highest BCUT2D eigenvalue weighted by Gasteiger charge is 2.16. The van der Waals surface area contributed by atoms with Crippen LogP contribution >= 0.6 is 15.9 Å². The molecule has 0 aliphatic carbocycles. The third-order valence-corrected chi connectivity index (χ3v) is 6.80. The molecule has 1 aliphatic rings. The van der Waals surface area contributed by atoms with Crippen LogP contribution in [0.2, 0.25) is 0 Å². The molecule has 0 amide bonds. The number of piperidine rings is 1. The smallest absolute Gasteiger partial charge is 0.240 e. The predicted molar refractivity (Wildman–Crippen MR) is 110 cm³/mol. The largest absolute Gasteiger partial charge is 0.496 e. The number of methoxy groups -OCH3 is 1. The van der Waals surface area contributed by atoms with E-state index >= 15 is 0 Å². The third kappa shape index (κ3) is 5.54. The summed E-state index contributed by atoms with van der Waals surface area (Å²) in [5.41, 5.74) is 2.20. The van der Waals surface area contributed by atoms with E-state index in [1.54, 1.807) is 19.2 Å². The van der Waals surface area contributed by atoms with Crippen LogP contribution in [0, 0.1) is 0 Å². The Morgan fingerprint density at radius 3 is 2.33 bits per heavy atom. The molecule has 1 saturated heterocycles. The molecule has 5 nitrogen and oxygen atoms in total. The molecule has 0 aromatic heterocycles. The quantitative estimate of drug-likeness (QED) is 0.691. The summed E-state index contributed by atoms with van der Waals surface area (Å²) >= 11 is 3.32. The zero-order valence-electron chi connectivity index (χ0n) is 15.4. The van der Waals surface area contributed by atoms with Crippen molar-refractivity contribution in [1.29, 1.82) is 0 Å². The van der Waals surface area contributed by atoms with Gasteiger partial charge in [-0.1, -0.05) is 30.7 Å². The van der Waals surface area contributed by atoms with E-state index in [2.05, 4.69) is 37.7 Å². The van der Waals surface area contributed by atoms with Crippen molar-refractivity contribution in [3.63, 3.8) is 0 Å². The van der Waals surface area contributed by atoms with Crippen molar-refractivity contribution in [1.82, 2.24) is 9.62 Å². The van der Waals surface area contributed by atoms with E-state index in [0.29, 0.717) is 10.2 Å². The van der Waals surface area contributed by atoms with Gasteiger partial charge in [-0.25, -0.2) is 13.1 Å². The lowest BCUT2D eigenvalue weighted by atomic mass is 10.1. The first-order chi connectivity index (χ1) is 13.0. The zero-order valence-corrected chi connectivity index (χ0v) is 17.9. The Labute approximate surface area is 169 Å². The Morgan fingerprint density at radius 2 is 1.70 bits per heavy atom. The molecule has 7 heteroatoms. The Kier molecular flexibility index (Phi) is 6.92. The molecule has 1 N–H and O–H groups in total. The number of nitrogens with one attached hydrogen (secondary N) is 1. The molecule has 1 aliphatic heterocycles. The number of sulfonamides is 1. The summed E-state index contributed by atoms with van der Waals surface area (Å²) in [5, 5.41) is 0. The van der Waals surface area contributed by atoms with E-state index in [9.17, 15) is 8.42 Å². The van der Waals surface area contributed by atoms with Crippen molar-refractivity contribution in [2.45, 2.75) is 37.2 Å². The lowest BCUT2D eigenvalue weighted by Crippen LogP contribution is -2.29. The molecule has 27 heavy (non-hydrogen) atoms. The number of likely N-dealkylation sites (tertiary alicyclic amines) is 1. The number of nitrogens with zero attached hydrogens (tertiary/aromatic N) is 1. The van der Waals surface area contributed by atoms with Crippen LogP contribution in [0.4, 0.5) is 0 Å². The molecule has 1 fully saturated rings. The van der Waals surface area contributed by atoms with Crippen molar-refractivity contribution in [3.05, 3.63) is 58.1 Å². The summed E-state index contributed by atoms with van der Waals surface area (Å²) in [6, 6.07) is 12.9. The highest BCUT2D eigenvalue weighted by molar-refractivity contribution is 9.10. The van der Waals surface area contributed by atoms with Crippen LogP contribution in [-0.2, 0) is 23.1 Å². The van der Waals surface area contributed by atoms with Crippen LogP contribution in [0.25, 0.3) is 0 Å². The molecule has 0 unspecified atom stereocenters. The summed E-state index contributed by atoms with van der Waals surface area (Å²) in [6.45, 7) is 3.56. The monoisotopic (exact) mass is 452 g/mol. The van der Waals surface area contributed by atoms with Crippen LogP contribution in [0.1, 0.15) is 30.4 Å². The first kappa shape index (κ1) is 20.3. The van der Waals surface area contributed by atoms with Crippen LogP contribution in [0.15, 0.2) is 51.8 Å². The van der Waals surface area contributed by atoms with E-state index in [-0.39, 0.29) is 11.4 Å². The molecule has 2 aromatic carbocycles. The maximum absolute atomic E-state index is 12.5. The lowest BCUT2D eigenvalue weighted by Gasteiger charge is -2.26. The van der Waals surface area contributed by atoms with Gasteiger partial charge in [0, 0.05) is 13.1 Å². The molecule has 0 radical (unpaired) electrons. The Hall–Kier alpha value is -1.41. The average Bonchev–Trinajstić information content (AvgIpc) is 2.68. The molecule has 3 rings (SSSR count). The molecule has 2 aromatic rings. The summed E-state index contributed by atoms with van der Waals surface area (Å²) in [7, 11) is -2.04. The van der Waals surface area contributed by atoms with Gasteiger partial charge in [-0.05, 0) is 71.2 Å². The normalized spacial score (nSPS) is 15.6. The van der Waals surface area contributed by atoms with Gasteiger partial charge >= 0.3 is 0 Å². The highest BCUT2D eigenvalue weighted by atomic mass is 79.9. The van der Waals surface area contributed by atoms with Crippen molar-refractivity contribution in [2.24, 2.45) is 0 Å². The van der Waals surface area contributed by atoms with Crippen LogP contribution in [0.5, 0.6) is 5.75 Å². The Bertz CT molecular complexity index is 863. The number of rotatable bonds is 7. The summed E-state index contributed by atoms with van der Waals surface area (Å²) < 4.78 is 33.4. The van der Waals surface area contributed by atoms with Gasteiger partial charge in [0.05, 0.1) is 16.5 Å². The van der Waals surface area contributed by atoms with Gasteiger partial charge in [0.1, 0.15) is 5.75 Å². The SMILES string of the molecule is COc1ccc(S(=O)(=O)NCc2ccc(CN3CCCCC3)cc2)cc1Br. The summed E-state index contributed by atoms with van der Waals surface area (Å²) in [4.78, 5) is 2.68. The van der Waals surface area contributed by atoms with Gasteiger partial charge in [0.2, 0.25) is 10.0 Å². The van der Waals surface area contributed by atoms with Gasteiger partial charge in [0.25, 0.3) is 0 Å². The van der Waals surface area contributed by atoms with Crippen LogP contribution in [-0.4, -0.2) is 33.5 Å². The summed E-state index contributed by atoms with van der Waals surface area (Å²) in [6.07, 6.45) is 3.89. The second-order valence-corrected chi connectivity index (χ2v) is 9.40. The number of hydrogen-bond donors (Lipinski definition) is 1. The van der Waals surface area contributed by atoms with Gasteiger partial charge < -0.3 is 4.74 Å². The van der Waals surface area contributed by atoms with Crippen molar-refractivity contribution >= 4 is 26.0 Å². The van der Waals surface area contributed by atoms with E-state index in [1.165, 1.54) is 44.0 Å². The maximum Gasteiger partial charge on any atom is 0.240 e. The van der Waals surface area contributed by atoms with Crippen molar-refractivity contribution < 1.29 is 13.2 Å². The fraction of sp³-hybridized carbons (Fsp3) is 0.400. The fourth-order valence-corrected chi connectivity index (χ4v) is 4.95.